The van der Waals surface area contributed by atoms with E-state index in [4.69, 9.17) is 15.6 Å². The van der Waals surface area contributed by atoms with Gasteiger partial charge in [-0.25, -0.2) is 0 Å². The summed E-state index contributed by atoms with van der Waals surface area (Å²) >= 11 is 3.43. The number of aliphatic carboxylic acids is 1. The monoisotopic (exact) mass is 329 g/mol. The van der Waals surface area contributed by atoms with Crippen molar-refractivity contribution in [3.63, 3.8) is 0 Å². The number of benzene rings is 1. The Morgan fingerprint density at radius 3 is 2.58 bits per heavy atom. The normalized spacial score (nSPS) is 12.5. The van der Waals surface area contributed by atoms with Gasteiger partial charge in [0.05, 0.1) is 7.11 Å². The van der Waals surface area contributed by atoms with Gasteiger partial charge in [-0.05, 0) is 30.0 Å². The lowest BCUT2D eigenvalue weighted by molar-refractivity contribution is -0.137. The Hall–Kier alpha value is -1.07. The van der Waals surface area contributed by atoms with E-state index in [2.05, 4.69) is 29.8 Å². The molecule has 0 radical (unpaired) electrons. The van der Waals surface area contributed by atoms with Crippen LogP contribution in [0, 0.1) is 0 Å². The number of halogens is 1. The summed E-state index contributed by atoms with van der Waals surface area (Å²) in [6.07, 6.45) is 0.474. The van der Waals surface area contributed by atoms with E-state index in [-0.39, 0.29) is 18.4 Å². The van der Waals surface area contributed by atoms with Gasteiger partial charge in [0.15, 0.2) is 0 Å². The molecule has 0 aliphatic rings. The molecule has 0 amide bonds. The molecule has 0 bridgehead atoms. The van der Waals surface area contributed by atoms with Gasteiger partial charge in [0.1, 0.15) is 5.75 Å². The molecule has 1 rings (SSSR count). The van der Waals surface area contributed by atoms with Crippen molar-refractivity contribution < 1.29 is 14.6 Å². The first-order chi connectivity index (χ1) is 8.86. The molecule has 19 heavy (non-hydrogen) atoms. The average Bonchev–Trinajstić information content (AvgIpc) is 2.34. The number of carboxylic acids is 1. The van der Waals surface area contributed by atoms with Crippen LogP contribution in [-0.2, 0) is 4.79 Å². The summed E-state index contributed by atoms with van der Waals surface area (Å²) < 4.78 is 6.29. The second-order valence-electron chi connectivity index (χ2n) is 4.80. The Morgan fingerprint density at radius 1 is 1.47 bits per heavy atom. The van der Waals surface area contributed by atoms with Crippen molar-refractivity contribution >= 4 is 21.9 Å². The van der Waals surface area contributed by atoms with Gasteiger partial charge in [-0.2, -0.15) is 0 Å². The molecule has 0 aliphatic carbocycles. The van der Waals surface area contributed by atoms with Gasteiger partial charge >= 0.3 is 5.97 Å². The SMILES string of the molecule is COc1cc(Br)cc(C(N)CCC(=O)O)c1C(C)C. The standard InChI is InChI=1S/C14H20BrNO3/c1-8(2)14-10(11(16)4-5-13(17)18)6-9(15)7-12(14)19-3/h6-8,11H,4-5,16H2,1-3H3,(H,17,18). The smallest absolute Gasteiger partial charge is 0.303 e. The van der Waals surface area contributed by atoms with Crippen LogP contribution >= 0.6 is 15.9 Å². The fourth-order valence-corrected chi connectivity index (χ4v) is 2.60. The molecule has 4 nitrogen and oxygen atoms in total. The van der Waals surface area contributed by atoms with Crippen molar-refractivity contribution in [2.24, 2.45) is 5.73 Å². The molecular weight excluding hydrogens is 310 g/mol. The Labute approximate surface area is 122 Å². The number of hydrogen-bond acceptors (Lipinski definition) is 3. The molecule has 1 unspecified atom stereocenters. The first kappa shape index (κ1) is 16.0. The molecule has 1 atom stereocenters. The molecule has 0 saturated carbocycles. The first-order valence-corrected chi connectivity index (χ1v) is 7.00. The average molecular weight is 330 g/mol. The zero-order valence-corrected chi connectivity index (χ0v) is 13.0. The van der Waals surface area contributed by atoms with Crippen molar-refractivity contribution in [3.05, 3.63) is 27.7 Å². The second-order valence-corrected chi connectivity index (χ2v) is 5.72. The molecule has 3 N–H and O–H groups in total. The second kappa shape index (κ2) is 6.91. The summed E-state index contributed by atoms with van der Waals surface area (Å²) in [6, 6.07) is 3.55. The Morgan fingerprint density at radius 2 is 2.11 bits per heavy atom. The summed E-state index contributed by atoms with van der Waals surface area (Å²) in [5.74, 6) is 0.211. The third kappa shape index (κ3) is 4.21. The highest BCUT2D eigenvalue weighted by atomic mass is 79.9. The van der Waals surface area contributed by atoms with Gasteiger partial charge in [-0.15, -0.1) is 0 Å². The largest absolute Gasteiger partial charge is 0.496 e. The predicted octanol–water partition coefficient (Wildman–Crippen LogP) is 3.45. The third-order valence-corrected chi connectivity index (χ3v) is 3.46. The summed E-state index contributed by atoms with van der Waals surface area (Å²) in [4.78, 5) is 10.7. The van der Waals surface area contributed by atoms with Crippen molar-refractivity contribution in [2.75, 3.05) is 7.11 Å². The molecule has 1 aromatic carbocycles. The van der Waals surface area contributed by atoms with Crippen LogP contribution in [0.1, 0.15) is 49.8 Å². The first-order valence-electron chi connectivity index (χ1n) is 6.21. The quantitative estimate of drug-likeness (QED) is 0.838. The molecule has 5 heteroatoms. The van der Waals surface area contributed by atoms with Crippen LogP contribution < -0.4 is 10.5 Å². The van der Waals surface area contributed by atoms with E-state index in [0.717, 1.165) is 21.3 Å². The van der Waals surface area contributed by atoms with Crippen LogP contribution in [0.3, 0.4) is 0 Å². The van der Waals surface area contributed by atoms with E-state index in [1.165, 1.54) is 0 Å². The number of carbonyl (C=O) groups is 1. The maximum atomic E-state index is 10.7. The van der Waals surface area contributed by atoms with E-state index in [0.29, 0.717) is 6.42 Å². The van der Waals surface area contributed by atoms with Crippen molar-refractivity contribution in [1.29, 1.82) is 0 Å². The van der Waals surface area contributed by atoms with Gasteiger partial charge in [0, 0.05) is 22.5 Å². The lowest BCUT2D eigenvalue weighted by Crippen LogP contribution is -2.15. The Bertz CT molecular complexity index is 460. The highest BCUT2D eigenvalue weighted by Crippen LogP contribution is 2.36. The lowest BCUT2D eigenvalue weighted by atomic mass is 9.90. The molecule has 1 aromatic rings. The van der Waals surface area contributed by atoms with Crippen LogP contribution in [-0.4, -0.2) is 18.2 Å². The van der Waals surface area contributed by atoms with E-state index in [1.54, 1.807) is 7.11 Å². The van der Waals surface area contributed by atoms with E-state index < -0.39 is 5.97 Å². The molecule has 0 aliphatic heterocycles. The van der Waals surface area contributed by atoms with E-state index >= 15 is 0 Å². The van der Waals surface area contributed by atoms with Crippen molar-refractivity contribution in [3.8, 4) is 5.75 Å². The van der Waals surface area contributed by atoms with Crippen LogP contribution in [0.2, 0.25) is 0 Å². The van der Waals surface area contributed by atoms with E-state index in [1.807, 2.05) is 12.1 Å². The fraction of sp³-hybridized carbons (Fsp3) is 0.500. The van der Waals surface area contributed by atoms with Gasteiger partial charge < -0.3 is 15.6 Å². The molecule has 106 valence electrons. The van der Waals surface area contributed by atoms with Crippen LogP contribution in [0.5, 0.6) is 5.75 Å². The molecule has 0 aromatic heterocycles. The lowest BCUT2D eigenvalue weighted by Gasteiger charge is -2.21. The number of hydrogen-bond donors (Lipinski definition) is 2. The van der Waals surface area contributed by atoms with Crippen LogP contribution in [0.15, 0.2) is 16.6 Å². The highest BCUT2D eigenvalue weighted by Gasteiger charge is 2.19. The van der Waals surface area contributed by atoms with Crippen LogP contribution in [0.25, 0.3) is 0 Å². The Kier molecular flexibility index (Phi) is 5.82. The predicted molar refractivity (Wildman–Crippen MR) is 78.6 cm³/mol. The summed E-state index contributed by atoms with van der Waals surface area (Å²) in [7, 11) is 1.63. The maximum absolute atomic E-state index is 10.7. The minimum atomic E-state index is -0.830. The molecular formula is C14H20BrNO3. The molecule has 0 saturated heterocycles. The number of nitrogens with two attached hydrogens (primary N) is 1. The highest BCUT2D eigenvalue weighted by molar-refractivity contribution is 9.10. The summed E-state index contributed by atoms with van der Waals surface area (Å²) in [5.41, 5.74) is 8.13. The molecule has 0 spiro atoms. The van der Waals surface area contributed by atoms with Crippen LogP contribution in [0.4, 0.5) is 0 Å². The minimum absolute atomic E-state index is 0.0630. The van der Waals surface area contributed by atoms with Gasteiger partial charge in [-0.1, -0.05) is 29.8 Å². The molecule has 0 heterocycles. The fourth-order valence-electron chi connectivity index (χ4n) is 2.14. The van der Waals surface area contributed by atoms with Gasteiger partial charge in [-0.3, -0.25) is 4.79 Å². The van der Waals surface area contributed by atoms with Crippen molar-refractivity contribution in [1.82, 2.24) is 0 Å². The van der Waals surface area contributed by atoms with Crippen molar-refractivity contribution in [2.45, 2.75) is 38.6 Å². The number of carboxylic acid groups (broad SMARTS) is 1. The maximum Gasteiger partial charge on any atom is 0.303 e. The summed E-state index contributed by atoms with van der Waals surface area (Å²) in [6.45, 7) is 4.14. The summed E-state index contributed by atoms with van der Waals surface area (Å²) in [5, 5.41) is 8.75. The zero-order chi connectivity index (χ0) is 14.6. The van der Waals surface area contributed by atoms with Gasteiger partial charge in [0.2, 0.25) is 0 Å². The molecule has 0 fully saturated rings. The third-order valence-electron chi connectivity index (χ3n) is 3.00. The van der Waals surface area contributed by atoms with Gasteiger partial charge in [0.25, 0.3) is 0 Å². The Balaban J connectivity index is 3.16. The zero-order valence-electron chi connectivity index (χ0n) is 11.4. The number of ether oxygens (including phenoxy) is 1. The number of methoxy groups -OCH3 is 1. The minimum Gasteiger partial charge on any atom is -0.496 e. The topological polar surface area (TPSA) is 72.5 Å². The van der Waals surface area contributed by atoms with E-state index in [9.17, 15) is 4.79 Å². The number of rotatable bonds is 6.